The number of halogens is 1. The summed E-state index contributed by atoms with van der Waals surface area (Å²) >= 11 is 0. The van der Waals surface area contributed by atoms with Crippen LogP contribution in [0.15, 0.2) is 18.2 Å². The van der Waals surface area contributed by atoms with E-state index in [0.29, 0.717) is 18.6 Å². The second kappa shape index (κ2) is 5.70. The van der Waals surface area contributed by atoms with Gasteiger partial charge in [0.05, 0.1) is 0 Å². The van der Waals surface area contributed by atoms with Gasteiger partial charge in [-0.15, -0.1) is 0 Å². The zero-order chi connectivity index (χ0) is 13.1. The summed E-state index contributed by atoms with van der Waals surface area (Å²) in [6.07, 6.45) is 3.75. The summed E-state index contributed by atoms with van der Waals surface area (Å²) < 4.78 is 14.0. The van der Waals surface area contributed by atoms with E-state index in [4.69, 9.17) is 0 Å². The first-order valence-corrected chi connectivity index (χ1v) is 6.83. The lowest BCUT2D eigenvalue weighted by molar-refractivity contribution is 0.399. The SMILES string of the molecule is CC(C)NCc1c(F)cccc1N(C)C1CCC1. The Morgan fingerprint density at radius 3 is 2.67 bits per heavy atom. The molecule has 0 amide bonds. The molecule has 0 saturated heterocycles. The quantitative estimate of drug-likeness (QED) is 0.862. The maximum atomic E-state index is 14.0. The highest BCUT2D eigenvalue weighted by Crippen LogP contribution is 2.31. The minimum absolute atomic E-state index is 0.105. The number of anilines is 1. The zero-order valence-electron chi connectivity index (χ0n) is 11.5. The molecule has 0 spiro atoms. The minimum Gasteiger partial charge on any atom is -0.371 e. The molecule has 0 heterocycles. The smallest absolute Gasteiger partial charge is 0.129 e. The third-order valence-corrected chi connectivity index (χ3v) is 3.78. The van der Waals surface area contributed by atoms with Gasteiger partial charge in [0.1, 0.15) is 5.82 Å². The Kier molecular flexibility index (Phi) is 4.23. The van der Waals surface area contributed by atoms with Crippen LogP contribution in [0.2, 0.25) is 0 Å². The summed E-state index contributed by atoms with van der Waals surface area (Å²) in [6, 6.07) is 6.34. The van der Waals surface area contributed by atoms with Crippen LogP contribution < -0.4 is 10.2 Å². The largest absolute Gasteiger partial charge is 0.371 e. The molecule has 0 atom stereocenters. The Balaban J connectivity index is 2.19. The maximum Gasteiger partial charge on any atom is 0.129 e. The van der Waals surface area contributed by atoms with Gasteiger partial charge in [-0.3, -0.25) is 0 Å². The van der Waals surface area contributed by atoms with Crippen molar-refractivity contribution in [2.75, 3.05) is 11.9 Å². The Bertz CT molecular complexity index is 399. The average Bonchev–Trinajstić information content (AvgIpc) is 2.24. The van der Waals surface area contributed by atoms with Gasteiger partial charge in [-0.1, -0.05) is 19.9 Å². The van der Waals surface area contributed by atoms with Crippen molar-refractivity contribution in [3.05, 3.63) is 29.6 Å². The Hall–Kier alpha value is -1.09. The number of benzene rings is 1. The first-order valence-electron chi connectivity index (χ1n) is 6.83. The molecule has 100 valence electrons. The van der Waals surface area contributed by atoms with Crippen LogP contribution in [0.25, 0.3) is 0 Å². The van der Waals surface area contributed by atoms with Gasteiger partial charge in [0.25, 0.3) is 0 Å². The van der Waals surface area contributed by atoms with Gasteiger partial charge in [0.2, 0.25) is 0 Å². The zero-order valence-corrected chi connectivity index (χ0v) is 11.5. The molecule has 2 nitrogen and oxygen atoms in total. The number of rotatable bonds is 5. The molecule has 1 aromatic carbocycles. The maximum absolute atomic E-state index is 14.0. The van der Waals surface area contributed by atoms with Gasteiger partial charge in [-0.2, -0.15) is 0 Å². The third-order valence-electron chi connectivity index (χ3n) is 3.78. The number of nitrogens with zero attached hydrogens (tertiary/aromatic N) is 1. The first kappa shape index (κ1) is 13.3. The second-order valence-electron chi connectivity index (χ2n) is 5.47. The Morgan fingerprint density at radius 1 is 1.39 bits per heavy atom. The molecule has 1 fully saturated rings. The molecule has 0 aliphatic heterocycles. The minimum atomic E-state index is -0.105. The topological polar surface area (TPSA) is 15.3 Å². The molecular weight excluding hydrogens is 227 g/mol. The van der Waals surface area contributed by atoms with Gasteiger partial charge < -0.3 is 10.2 Å². The van der Waals surface area contributed by atoms with E-state index in [1.807, 2.05) is 6.07 Å². The summed E-state index contributed by atoms with van der Waals surface area (Å²) in [5.41, 5.74) is 1.83. The van der Waals surface area contributed by atoms with Gasteiger partial charge in [0.15, 0.2) is 0 Å². The summed E-state index contributed by atoms with van der Waals surface area (Å²) in [4.78, 5) is 2.24. The van der Waals surface area contributed by atoms with Crippen molar-refractivity contribution in [1.82, 2.24) is 5.32 Å². The molecule has 0 radical (unpaired) electrons. The molecule has 18 heavy (non-hydrogen) atoms. The van der Waals surface area contributed by atoms with E-state index < -0.39 is 0 Å². The highest BCUT2D eigenvalue weighted by Gasteiger charge is 2.24. The Labute approximate surface area is 109 Å². The fraction of sp³-hybridized carbons (Fsp3) is 0.600. The van der Waals surface area contributed by atoms with Crippen LogP contribution in [-0.4, -0.2) is 19.1 Å². The molecule has 3 heteroatoms. The fourth-order valence-corrected chi connectivity index (χ4v) is 2.33. The lowest BCUT2D eigenvalue weighted by atomic mass is 9.91. The fourth-order valence-electron chi connectivity index (χ4n) is 2.33. The van der Waals surface area contributed by atoms with Gasteiger partial charge in [0, 0.05) is 36.9 Å². The third kappa shape index (κ3) is 2.83. The van der Waals surface area contributed by atoms with E-state index in [1.165, 1.54) is 19.3 Å². The Morgan fingerprint density at radius 2 is 2.11 bits per heavy atom. The van der Waals surface area contributed by atoms with E-state index in [1.54, 1.807) is 12.1 Å². The van der Waals surface area contributed by atoms with Crippen LogP contribution in [0, 0.1) is 5.82 Å². The van der Waals surface area contributed by atoms with Crippen molar-refractivity contribution < 1.29 is 4.39 Å². The van der Waals surface area contributed by atoms with Crippen LogP contribution in [0.1, 0.15) is 38.7 Å². The van der Waals surface area contributed by atoms with Gasteiger partial charge >= 0.3 is 0 Å². The number of nitrogens with one attached hydrogen (secondary N) is 1. The molecule has 0 unspecified atom stereocenters. The molecule has 0 aromatic heterocycles. The van der Waals surface area contributed by atoms with E-state index >= 15 is 0 Å². The molecule has 1 aliphatic rings. The molecule has 1 aliphatic carbocycles. The second-order valence-corrected chi connectivity index (χ2v) is 5.47. The van der Waals surface area contributed by atoms with E-state index in [0.717, 1.165) is 11.3 Å². The monoisotopic (exact) mass is 250 g/mol. The van der Waals surface area contributed by atoms with Crippen LogP contribution >= 0.6 is 0 Å². The summed E-state index contributed by atoms with van der Waals surface area (Å²) in [5.74, 6) is -0.105. The van der Waals surface area contributed by atoms with Crippen LogP contribution in [-0.2, 0) is 6.54 Å². The van der Waals surface area contributed by atoms with Crippen molar-refractivity contribution in [1.29, 1.82) is 0 Å². The predicted octanol–water partition coefficient (Wildman–Crippen LogP) is 3.31. The highest BCUT2D eigenvalue weighted by molar-refractivity contribution is 5.54. The van der Waals surface area contributed by atoms with Gasteiger partial charge in [-0.05, 0) is 31.4 Å². The van der Waals surface area contributed by atoms with Crippen LogP contribution in [0.4, 0.5) is 10.1 Å². The van der Waals surface area contributed by atoms with Crippen molar-refractivity contribution in [2.24, 2.45) is 0 Å². The van der Waals surface area contributed by atoms with Crippen LogP contribution in [0.5, 0.6) is 0 Å². The molecular formula is C15H23FN2. The molecule has 2 rings (SSSR count). The van der Waals surface area contributed by atoms with E-state index in [2.05, 4.69) is 31.1 Å². The average molecular weight is 250 g/mol. The van der Waals surface area contributed by atoms with Crippen molar-refractivity contribution in [3.63, 3.8) is 0 Å². The lowest BCUT2D eigenvalue weighted by Crippen LogP contribution is -2.38. The van der Waals surface area contributed by atoms with E-state index in [-0.39, 0.29) is 5.82 Å². The molecule has 1 N–H and O–H groups in total. The molecule has 1 saturated carbocycles. The molecule has 1 aromatic rings. The van der Waals surface area contributed by atoms with Crippen LogP contribution in [0.3, 0.4) is 0 Å². The van der Waals surface area contributed by atoms with Gasteiger partial charge in [-0.25, -0.2) is 4.39 Å². The standard InChI is InChI=1S/C15H23FN2/c1-11(2)17-10-13-14(16)8-5-9-15(13)18(3)12-6-4-7-12/h5,8-9,11-12,17H,4,6-7,10H2,1-3H3. The summed E-state index contributed by atoms with van der Waals surface area (Å²) in [7, 11) is 2.08. The first-order chi connectivity index (χ1) is 8.59. The van der Waals surface area contributed by atoms with Crippen molar-refractivity contribution in [2.45, 2.75) is 51.7 Å². The summed E-state index contributed by atoms with van der Waals surface area (Å²) in [6.45, 7) is 4.75. The highest BCUT2D eigenvalue weighted by atomic mass is 19.1. The number of hydrogen-bond acceptors (Lipinski definition) is 2. The summed E-state index contributed by atoms with van der Waals surface area (Å²) in [5, 5.41) is 3.31. The van der Waals surface area contributed by atoms with Crippen molar-refractivity contribution >= 4 is 5.69 Å². The van der Waals surface area contributed by atoms with E-state index in [9.17, 15) is 4.39 Å². The normalized spacial score (nSPS) is 15.8. The molecule has 0 bridgehead atoms. The van der Waals surface area contributed by atoms with Crippen molar-refractivity contribution in [3.8, 4) is 0 Å². The number of hydrogen-bond donors (Lipinski definition) is 1. The lowest BCUT2D eigenvalue weighted by Gasteiger charge is -2.37. The predicted molar refractivity (Wildman–Crippen MR) is 74.4 cm³/mol.